The van der Waals surface area contributed by atoms with E-state index in [1.807, 2.05) is 0 Å². The van der Waals surface area contributed by atoms with Crippen molar-refractivity contribution in [3.05, 3.63) is 47.2 Å². The zero-order chi connectivity index (χ0) is 18.6. The molecule has 0 spiro atoms. The van der Waals surface area contributed by atoms with Crippen molar-refractivity contribution in [3.8, 4) is 5.75 Å². The summed E-state index contributed by atoms with van der Waals surface area (Å²) in [6, 6.07) is 5.77. The number of allylic oxidation sites excluding steroid dienone is 3. The zero-order valence-electron chi connectivity index (χ0n) is 13.5. The Morgan fingerprint density at radius 2 is 1.60 bits per heavy atom. The molecule has 134 valence electrons. The van der Waals surface area contributed by atoms with Crippen molar-refractivity contribution in [2.45, 2.75) is 20.0 Å². The minimum absolute atomic E-state index is 0.0526. The summed E-state index contributed by atoms with van der Waals surface area (Å²) in [6.07, 6.45) is -4.20. The predicted octanol–water partition coefficient (Wildman–Crippen LogP) is 3.41. The Labute approximate surface area is 141 Å². The van der Waals surface area contributed by atoms with Crippen LogP contribution >= 0.6 is 0 Å². The highest BCUT2D eigenvalue weighted by Gasteiger charge is 2.40. The second-order valence-corrected chi connectivity index (χ2v) is 4.83. The van der Waals surface area contributed by atoms with Gasteiger partial charge < -0.3 is 14.2 Å². The first-order valence-electron chi connectivity index (χ1n) is 7.44. The van der Waals surface area contributed by atoms with Crippen LogP contribution in [0.15, 0.2) is 41.7 Å². The molecule has 0 saturated carbocycles. The van der Waals surface area contributed by atoms with E-state index in [2.05, 4.69) is 0 Å². The summed E-state index contributed by atoms with van der Waals surface area (Å²) < 4.78 is 53.8. The molecule has 0 aromatic heterocycles. The summed E-state index contributed by atoms with van der Waals surface area (Å²) in [5.74, 6) is -3.60. The standard InChI is InChI=1S/C17H15F3O5/c1-3-23-15(21)14(16(22)24-4-2)11-9-13(17(18,19)20)25-12-8-6-5-7-10(11)12/h5-9H,3-4H2,1-2H3. The first kappa shape index (κ1) is 18.6. The highest BCUT2D eigenvalue weighted by atomic mass is 19.4. The highest BCUT2D eigenvalue weighted by Crippen LogP contribution is 2.40. The van der Waals surface area contributed by atoms with Gasteiger partial charge in [-0.25, -0.2) is 9.59 Å². The summed E-state index contributed by atoms with van der Waals surface area (Å²) >= 11 is 0. The molecule has 0 aliphatic carbocycles. The molecular weight excluding hydrogens is 341 g/mol. The molecule has 2 rings (SSSR count). The number of benzene rings is 1. The molecule has 0 atom stereocenters. The first-order valence-corrected chi connectivity index (χ1v) is 7.44. The average Bonchev–Trinajstić information content (AvgIpc) is 2.54. The van der Waals surface area contributed by atoms with E-state index in [4.69, 9.17) is 14.2 Å². The summed E-state index contributed by atoms with van der Waals surface area (Å²) in [6.45, 7) is 2.92. The van der Waals surface area contributed by atoms with E-state index in [1.54, 1.807) is 6.07 Å². The van der Waals surface area contributed by atoms with Gasteiger partial charge in [-0.05, 0) is 26.0 Å². The van der Waals surface area contributed by atoms with Gasteiger partial charge in [-0.1, -0.05) is 18.2 Å². The third-order valence-electron chi connectivity index (χ3n) is 3.18. The molecule has 1 heterocycles. The van der Waals surface area contributed by atoms with Gasteiger partial charge in [-0.15, -0.1) is 0 Å². The number of halogens is 3. The molecule has 5 nitrogen and oxygen atoms in total. The van der Waals surface area contributed by atoms with Crippen LogP contribution in [0.4, 0.5) is 13.2 Å². The van der Waals surface area contributed by atoms with Gasteiger partial charge in [0.1, 0.15) is 5.75 Å². The number of hydrogen-bond donors (Lipinski definition) is 0. The average molecular weight is 356 g/mol. The lowest BCUT2D eigenvalue weighted by Crippen LogP contribution is -2.24. The number of para-hydroxylation sites is 1. The van der Waals surface area contributed by atoms with Crippen molar-refractivity contribution in [1.82, 2.24) is 0 Å². The molecule has 0 N–H and O–H groups in total. The number of rotatable bonds is 4. The molecule has 1 aromatic carbocycles. The van der Waals surface area contributed by atoms with E-state index in [1.165, 1.54) is 32.0 Å². The van der Waals surface area contributed by atoms with Crippen molar-refractivity contribution < 1.29 is 37.0 Å². The number of carbonyl (C=O) groups excluding carboxylic acids is 2. The number of ether oxygens (including phenoxy) is 3. The third-order valence-corrected chi connectivity index (χ3v) is 3.18. The molecule has 8 heteroatoms. The van der Waals surface area contributed by atoms with Crippen LogP contribution in [0.25, 0.3) is 5.57 Å². The fourth-order valence-electron chi connectivity index (χ4n) is 2.19. The number of carbonyl (C=O) groups is 2. The van der Waals surface area contributed by atoms with Crippen LogP contribution in [0.5, 0.6) is 5.75 Å². The molecule has 0 saturated heterocycles. The normalized spacial score (nSPS) is 13.3. The maximum atomic E-state index is 13.1. The summed E-state index contributed by atoms with van der Waals surface area (Å²) in [4.78, 5) is 24.4. The zero-order valence-corrected chi connectivity index (χ0v) is 13.5. The number of fused-ring (bicyclic) bond motifs is 1. The lowest BCUT2D eigenvalue weighted by Gasteiger charge is -2.22. The molecular formula is C17H15F3O5. The molecule has 1 aliphatic rings. The monoisotopic (exact) mass is 356 g/mol. The molecule has 0 unspecified atom stereocenters. The van der Waals surface area contributed by atoms with Gasteiger partial charge in [0.2, 0.25) is 5.76 Å². The van der Waals surface area contributed by atoms with Gasteiger partial charge >= 0.3 is 18.1 Å². The maximum Gasteiger partial charge on any atom is 0.449 e. The van der Waals surface area contributed by atoms with Crippen LogP contribution in [0, 0.1) is 0 Å². The van der Waals surface area contributed by atoms with Gasteiger partial charge in [0, 0.05) is 11.1 Å². The fourth-order valence-corrected chi connectivity index (χ4v) is 2.19. The first-order chi connectivity index (χ1) is 11.8. The van der Waals surface area contributed by atoms with Crippen molar-refractivity contribution in [1.29, 1.82) is 0 Å². The van der Waals surface area contributed by atoms with Gasteiger partial charge in [0.25, 0.3) is 0 Å². The van der Waals surface area contributed by atoms with Crippen LogP contribution in [-0.2, 0) is 19.1 Å². The largest absolute Gasteiger partial charge is 0.462 e. The Morgan fingerprint density at radius 3 is 2.12 bits per heavy atom. The predicted molar refractivity (Wildman–Crippen MR) is 81.4 cm³/mol. The highest BCUT2D eigenvalue weighted by molar-refractivity contribution is 6.21. The Bertz CT molecular complexity index is 727. The van der Waals surface area contributed by atoms with Gasteiger partial charge in [0.15, 0.2) is 5.57 Å². The molecule has 25 heavy (non-hydrogen) atoms. The summed E-state index contributed by atoms with van der Waals surface area (Å²) in [5.41, 5.74) is -0.709. The molecule has 1 aliphatic heterocycles. The van der Waals surface area contributed by atoms with Crippen LogP contribution in [-0.4, -0.2) is 31.3 Å². The van der Waals surface area contributed by atoms with Crippen molar-refractivity contribution in [3.63, 3.8) is 0 Å². The second kappa shape index (κ2) is 7.42. The van der Waals surface area contributed by atoms with Gasteiger partial charge in [-0.2, -0.15) is 13.2 Å². The van der Waals surface area contributed by atoms with Crippen LogP contribution in [0.3, 0.4) is 0 Å². The number of hydrogen-bond acceptors (Lipinski definition) is 5. The Morgan fingerprint density at radius 1 is 1.04 bits per heavy atom. The van der Waals surface area contributed by atoms with E-state index in [0.29, 0.717) is 6.08 Å². The van der Waals surface area contributed by atoms with E-state index < -0.39 is 29.4 Å². The lowest BCUT2D eigenvalue weighted by molar-refractivity contribution is -0.146. The molecule has 1 aromatic rings. The summed E-state index contributed by atoms with van der Waals surface area (Å²) in [7, 11) is 0. The molecule has 0 amide bonds. The molecule has 0 radical (unpaired) electrons. The summed E-state index contributed by atoms with van der Waals surface area (Å²) in [5, 5.41) is 0. The van der Waals surface area contributed by atoms with Gasteiger partial charge in [-0.3, -0.25) is 0 Å². The van der Waals surface area contributed by atoms with Gasteiger partial charge in [0.05, 0.1) is 13.2 Å². The van der Waals surface area contributed by atoms with Crippen molar-refractivity contribution >= 4 is 17.5 Å². The second-order valence-electron chi connectivity index (χ2n) is 4.83. The quantitative estimate of drug-likeness (QED) is 0.358. The van der Waals surface area contributed by atoms with E-state index in [9.17, 15) is 22.8 Å². The van der Waals surface area contributed by atoms with E-state index in [-0.39, 0.29) is 30.1 Å². The molecule has 0 fully saturated rings. The van der Waals surface area contributed by atoms with Crippen LogP contribution in [0.1, 0.15) is 19.4 Å². The SMILES string of the molecule is CCOC(=O)C(C(=O)OCC)=C1C=C(C(F)(F)F)Oc2ccccc21. The minimum Gasteiger partial charge on any atom is -0.462 e. The van der Waals surface area contributed by atoms with Crippen molar-refractivity contribution in [2.24, 2.45) is 0 Å². The van der Waals surface area contributed by atoms with Crippen LogP contribution in [0.2, 0.25) is 0 Å². The van der Waals surface area contributed by atoms with E-state index in [0.717, 1.165) is 0 Å². The Kier molecular flexibility index (Phi) is 5.51. The maximum absolute atomic E-state index is 13.1. The van der Waals surface area contributed by atoms with E-state index >= 15 is 0 Å². The Balaban J connectivity index is 2.73. The fraction of sp³-hybridized carbons (Fsp3) is 0.294. The minimum atomic E-state index is -4.80. The Hall–Kier alpha value is -2.77. The number of alkyl halides is 3. The lowest BCUT2D eigenvalue weighted by atomic mass is 9.96. The van der Waals surface area contributed by atoms with Crippen molar-refractivity contribution in [2.75, 3.05) is 13.2 Å². The number of esters is 2. The van der Waals surface area contributed by atoms with Crippen LogP contribution < -0.4 is 4.74 Å². The topological polar surface area (TPSA) is 61.8 Å². The smallest absolute Gasteiger partial charge is 0.449 e. The third kappa shape index (κ3) is 4.01. The molecule has 0 bridgehead atoms.